The average molecular weight is 447 g/mol. The van der Waals surface area contributed by atoms with Crippen molar-refractivity contribution in [3.8, 4) is 0 Å². The number of amides is 1. The molecular formula is C23H34N4O3S. The zero-order chi connectivity index (χ0) is 22.8. The highest BCUT2D eigenvalue weighted by Crippen LogP contribution is 2.27. The highest BCUT2D eigenvalue weighted by atomic mass is 32.2. The van der Waals surface area contributed by atoms with Crippen molar-refractivity contribution in [2.45, 2.75) is 58.0 Å². The molecule has 170 valence electrons. The van der Waals surface area contributed by atoms with E-state index >= 15 is 0 Å². The van der Waals surface area contributed by atoms with Gasteiger partial charge >= 0.3 is 0 Å². The van der Waals surface area contributed by atoms with Crippen LogP contribution in [0.15, 0.2) is 35.5 Å². The fourth-order valence-electron chi connectivity index (χ4n) is 4.01. The maximum atomic E-state index is 13.0. The van der Waals surface area contributed by atoms with E-state index in [1.807, 2.05) is 0 Å². The van der Waals surface area contributed by atoms with Crippen LogP contribution in [0.5, 0.6) is 0 Å². The molecule has 1 fully saturated rings. The van der Waals surface area contributed by atoms with Crippen molar-refractivity contribution < 1.29 is 13.2 Å². The van der Waals surface area contributed by atoms with Gasteiger partial charge in [0.15, 0.2) is 5.03 Å². The Bertz CT molecular complexity index is 984. The molecule has 2 heterocycles. The van der Waals surface area contributed by atoms with Crippen LogP contribution < -0.4 is 5.32 Å². The second-order valence-corrected chi connectivity index (χ2v) is 10.6. The predicted octanol–water partition coefficient (Wildman–Crippen LogP) is 3.21. The van der Waals surface area contributed by atoms with E-state index in [1.165, 1.54) is 9.87 Å². The molecule has 1 aliphatic heterocycles. The average Bonchev–Trinajstić information content (AvgIpc) is 3.11. The molecule has 0 saturated carbocycles. The number of imidazole rings is 1. The maximum absolute atomic E-state index is 13.0. The lowest BCUT2D eigenvalue weighted by molar-refractivity contribution is -0.127. The van der Waals surface area contributed by atoms with Crippen LogP contribution >= 0.6 is 0 Å². The van der Waals surface area contributed by atoms with E-state index in [9.17, 15) is 13.2 Å². The fraction of sp³-hybridized carbons (Fsp3) is 0.565. The Kier molecular flexibility index (Phi) is 7.21. The van der Waals surface area contributed by atoms with Gasteiger partial charge in [-0.05, 0) is 43.2 Å². The van der Waals surface area contributed by atoms with Gasteiger partial charge in [-0.1, -0.05) is 45.0 Å². The molecule has 1 N–H and O–H groups in total. The van der Waals surface area contributed by atoms with Crippen molar-refractivity contribution >= 4 is 15.9 Å². The summed E-state index contributed by atoms with van der Waals surface area (Å²) < 4.78 is 28.9. The molecule has 1 aliphatic rings. The summed E-state index contributed by atoms with van der Waals surface area (Å²) in [5, 5.41) is 3.29. The molecule has 3 rings (SSSR count). The Morgan fingerprint density at radius 1 is 1.19 bits per heavy atom. The molecule has 2 aromatic rings. The number of piperidine rings is 1. The first-order valence-electron chi connectivity index (χ1n) is 11.0. The molecule has 31 heavy (non-hydrogen) atoms. The van der Waals surface area contributed by atoms with Gasteiger partial charge in [-0.2, -0.15) is 4.31 Å². The zero-order valence-corrected chi connectivity index (χ0v) is 19.9. The third-order valence-corrected chi connectivity index (χ3v) is 8.00. The number of carbonyl (C=O) groups excluding carboxylic acids is 1. The number of rotatable bonds is 7. The molecule has 1 amide bonds. The van der Waals surface area contributed by atoms with Crippen LogP contribution in [0.2, 0.25) is 0 Å². The normalized spacial score (nSPS) is 17.1. The van der Waals surface area contributed by atoms with Gasteiger partial charge in [0.2, 0.25) is 5.91 Å². The van der Waals surface area contributed by atoms with E-state index in [2.05, 4.69) is 55.3 Å². The van der Waals surface area contributed by atoms with E-state index in [4.69, 9.17) is 0 Å². The Morgan fingerprint density at radius 3 is 2.29 bits per heavy atom. The monoisotopic (exact) mass is 446 g/mol. The summed E-state index contributed by atoms with van der Waals surface area (Å²) in [5.41, 5.74) is 2.38. The van der Waals surface area contributed by atoms with Crippen LogP contribution in [-0.2, 0) is 28.3 Å². The molecule has 1 unspecified atom stereocenters. The predicted molar refractivity (Wildman–Crippen MR) is 121 cm³/mol. The largest absolute Gasteiger partial charge is 0.349 e. The summed E-state index contributed by atoms with van der Waals surface area (Å²) in [4.78, 5) is 17.2. The van der Waals surface area contributed by atoms with E-state index in [1.54, 1.807) is 24.7 Å². The molecule has 1 aromatic carbocycles. The van der Waals surface area contributed by atoms with Gasteiger partial charge < -0.3 is 9.88 Å². The summed E-state index contributed by atoms with van der Waals surface area (Å²) >= 11 is 0. The van der Waals surface area contributed by atoms with E-state index in [-0.39, 0.29) is 28.8 Å². The van der Waals surface area contributed by atoms with Gasteiger partial charge in [-0.25, -0.2) is 13.4 Å². The van der Waals surface area contributed by atoms with E-state index in [0.29, 0.717) is 31.8 Å². The van der Waals surface area contributed by atoms with Crippen molar-refractivity contribution in [1.29, 1.82) is 0 Å². The highest BCUT2D eigenvalue weighted by Gasteiger charge is 2.34. The number of carbonyl (C=O) groups is 1. The number of hydrogen-bond donors (Lipinski definition) is 1. The lowest BCUT2D eigenvalue weighted by atomic mass is 9.92. The standard InChI is InChI=1S/C23H34N4O3S/c1-6-18-7-9-19(10-8-18)22(16(2)3)25-23(28)20-11-13-27(14-12-20)31(29,30)21-15-26(5)17(4)24-21/h7-10,15-16,20,22H,6,11-14H2,1-5H3,(H,25,28). The SMILES string of the molecule is CCc1ccc(C(NC(=O)C2CCN(S(=O)(=O)c3cn(C)c(C)n3)CC2)C(C)C)cc1. The molecule has 0 aliphatic carbocycles. The first-order valence-corrected chi connectivity index (χ1v) is 12.5. The molecule has 7 nitrogen and oxygen atoms in total. The maximum Gasteiger partial charge on any atom is 0.262 e. The Labute approximate surface area is 185 Å². The van der Waals surface area contributed by atoms with Crippen molar-refractivity contribution in [2.24, 2.45) is 18.9 Å². The quantitative estimate of drug-likeness (QED) is 0.708. The van der Waals surface area contributed by atoms with Gasteiger partial charge in [0.1, 0.15) is 5.82 Å². The van der Waals surface area contributed by atoms with Crippen molar-refractivity contribution in [2.75, 3.05) is 13.1 Å². The molecule has 0 bridgehead atoms. The van der Waals surface area contributed by atoms with Gasteiger partial charge in [-0.3, -0.25) is 4.79 Å². The molecular weight excluding hydrogens is 412 g/mol. The number of nitrogens with one attached hydrogen (secondary N) is 1. The summed E-state index contributed by atoms with van der Waals surface area (Å²) in [5.74, 6) is 0.723. The minimum Gasteiger partial charge on any atom is -0.349 e. The van der Waals surface area contributed by atoms with Crippen LogP contribution in [0.25, 0.3) is 0 Å². The number of nitrogens with zero attached hydrogens (tertiary/aromatic N) is 3. The Balaban J connectivity index is 1.63. The second-order valence-electron chi connectivity index (χ2n) is 8.74. The summed E-state index contributed by atoms with van der Waals surface area (Å²) in [6.45, 7) is 8.75. The first kappa shape index (κ1) is 23.5. The minimum atomic E-state index is -3.63. The molecule has 8 heteroatoms. The minimum absolute atomic E-state index is 0.00370. The number of aromatic nitrogens is 2. The number of sulfonamides is 1. The first-order chi connectivity index (χ1) is 14.6. The lowest BCUT2D eigenvalue weighted by Crippen LogP contribution is -2.44. The third-order valence-electron chi connectivity index (χ3n) is 6.23. The number of hydrogen-bond acceptors (Lipinski definition) is 4. The highest BCUT2D eigenvalue weighted by molar-refractivity contribution is 7.89. The number of benzene rings is 1. The van der Waals surface area contributed by atoms with Crippen LogP contribution in [-0.4, -0.2) is 41.3 Å². The zero-order valence-electron chi connectivity index (χ0n) is 19.1. The van der Waals surface area contributed by atoms with Gasteiger partial charge in [0.05, 0.1) is 6.04 Å². The van der Waals surface area contributed by atoms with Gasteiger partial charge in [-0.15, -0.1) is 0 Å². The number of aryl methyl sites for hydroxylation is 3. The lowest BCUT2D eigenvalue weighted by Gasteiger charge is -2.32. The van der Waals surface area contributed by atoms with E-state index < -0.39 is 10.0 Å². The second kappa shape index (κ2) is 9.53. The van der Waals surface area contributed by atoms with Crippen molar-refractivity contribution in [3.05, 3.63) is 47.4 Å². The molecule has 0 spiro atoms. The topological polar surface area (TPSA) is 84.3 Å². The van der Waals surface area contributed by atoms with Gasteiger partial charge in [0.25, 0.3) is 10.0 Å². The summed E-state index contributed by atoms with van der Waals surface area (Å²) in [7, 11) is -1.85. The van der Waals surface area contributed by atoms with E-state index in [0.717, 1.165) is 12.0 Å². The summed E-state index contributed by atoms with van der Waals surface area (Å²) in [6, 6.07) is 8.34. The van der Waals surface area contributed by atoms with Crippen LogP contribution in [0.3, 0.4) is 0 Å². The van der Waals surface area contributed by atoms with Crippen LogP contribution in [0, 0.1) is 18.8 Å². The van der Waals surface area contributed by atoms with Crippen molar-refractivity contribution in [3.63, 3.8) is 0 Å². The third kappa shape index (κ3) is 5.18. The summed E-state index contributed by atoms with van der Waals surface area (Å²) in [6.07, 6.45) is 3.55. The molecule has 1 aromatic heterocycles. The molecule has 1 atom stereocenters. The van der Waals surface area contributed by atoms with Gasteiger partial charge in [0, 0.05) is 32.3 Å². The molecule has 1 saturated heterocycles. The van der Waals surface area contributed by atoms with Crippen molar-refractivity contribution in [1.82, 2.24) is 19.2 Å². The fourth-order valence-corrected chi connectivity index (χ4v) is 5.50. The Morgan fingerprint density at radius 2 is 1.81 bits per heavy atom. The van der Waals surface area contributed by atoms with Crippen LogP contribution in [0.1, 0.15) is 56.6 Å². The Hall–Kier alpha value is -2.19. The molecule has 0 radical (unpaired) electrons. The smallest absolute Gasteiger partial charge is 0.262 e. The van der Waals surface area contributed by atoms with Crippen LogP contribution in [0.4, 0.5) is 0 Å².